The Morgan fingerprint density at radius 2 is 1.28 bits per heavy atom. The van der Waals surface area contributed by atoms with Gasteiger partial charge in [0.2, 0.25) is 18.3 Å². The maximum absolute atomic E-state index is 14.2. The minimum atomic E-state index is -1.60. The number of benzene rings is 5. The molecule has 1 spiro atoms. The van der Waals surface area contributed by atoms with E-state index in [0.29, 0.717) is 11.8 Å². The third kappa shape index (κ3) is 13.3. The Balaban J connectivity index is 1.02. The molecule has 75 heavy (non-hydrogen) atoms. The Hall–Kier alpha value is -7.39. The monoisotopic (exact) mass is 1010 g/mol. The van der Waals surface area contributed by atoms with Crippen LogP contribution >= 0.6 is 0 Å². The minimum absolute atomic E-state index is 0.0255. The van der Waals surface area contributed by atoms with Gasteiger partial charge in [-0.2, -0.15) is 0 Å². The van der Waals surface area contributed by atoms with E-state index in [1.165, 1.54) is 38.8 Å². The van der Waals surface area contributed by atoms with Gasteiger partial charge in [-0.3, -0.25) is 5.10 Å². The predicted octanol–water partition coefficient (Wildman–Crippen LogP) is 9.94. The van der Waals surface area contributed by atoms with Gasteiger partial charge >= 0.3 is 23.9 Å². The number of hydrogen-bond donors (Lipinski definition) is 2. The molecule has 3 fully saturated rings. The fourth-order valence-electron chi connectivity index (χ4n) is 10.4. The Labute approximate surface area is 438 Å². The van der Waals surface area contributed by atoms with Crippen molar-refractivity contribution in [2.45, 2.75) is 95.9 Å². The first-order valence-electron chi connectivity index (χ1n) is 26.1. The van der Waals surface area contributed by atoms with Crippen molar-refractivity contribution in [1.29, 1.82) is 0 Å². The normalized spacial score (nSPS) is 20.6. The molecule has 0 amide bonds. The van der Waals surface area contributed by atoms with Crippen molar-refractivity contribution in [2.24, 2.45) is 5.41 Å². The summed E-state index contributed by atoms with van der Waals surface area (Å²) < 4.78 is 38.2. The lowest BCUT2D eigenvalue weighted by Crippen LogP contribution is -2.64. The Kier molecular flexibility index (Phi) is 17.3. The number of nitrogens with one attached hydrogen (secondary N) is 2. The first-order valence-corrected chi connectivity index (χ1v) is 26.1. The second-order valence-corrected chi connectivity index (χ2v) is 20.1. The number of aromatic amines is 1. The lowest BCUT2D eigenvalue weighted by atomic mass is 9.73. The molecule has 0 saturated carbocycles. The smallest absolute Gasteiger partial charge is 0.338 e. The number of aryl methyl sites for hydroxylation is 1. The summed E-state index contributed by atoms with van der Waals surface area (Å²) >= 11 is 0. The molecule has 3 aliphatic rings. The molecule has 0 aliphatic carbocycles. The number of carbonyl (C=O) groups is 4. The molecule has 4 heterocycles. The van der Waals surface area contributed by atoms with Gasteiger partial charge in [0.1, 0.15) is 12.7 Å². The van der Waals surface area contributed by atoms with Crippen LogP contribution in [0.4, 0.5) is 0 Å². The number of likely N-dealkylation sites (tertiary alicyclic amines) is 1. The molecule has 0 bridgehead atoms. The SMILES string of the molecule is Cc1cc(C=CCCN2CCCC3(CCNCC3)C2)ccc1Cc1c(OC2OC(COC(=O)c3ccccc3)C(OC(=O)c3ccccc3)C(OC(=O)c3ccccc3)C2OC(=O)c2ccccc2)n[nH]c1C(C)C. The molecule has 0 radical (unpaired) electrons. The van der Waals surface area contributed by atoms with Gasteiger partial charge < -0.3 is 38.6 Å². The van der Waals surface area contributed by atoms with Crippen LogP contribution in [0.5, 0.6) is 5.88 Å². The standard InChI is InChI=1S/C61H66N4O10/c1-41(2)51-49(38-48-29-28-43(37-42(48)3)19-16-17-35-65-36-18-30-61(40-65)31-33-62-34-32-61)55(64-63-51)75-60-54(74-59(69)47-26-14-7-15-27-47)53(73-58(68)46-24-12-6-13-25-46)52(72-57(67)45-22-10-5-11-23-45)50(71-60)39-70-56(66)44-20-8-4-9-21-44/h4-16,19-29,37,41,50,52-54,60,62H,17-18,30-36,38-40H2,1-3H3,(H,63,64). The van der Waals surface area contributed by atoms with Crippen molar-refractivity contribution in [1.82, 2.24) is 20.4 Å². The summed E-state index contributed by atoms with van der Waals surface area (Å²) in [6, 6.07) is 39.6. The van der Waals surface area contributed by atoms with Crippen LogP contribution in [0.25, 0.3) is 6.08 Å². The quantitative estimate of drug-likeness (QED) is 0.0617. The number of carbonyl (C=O) groups excluding carboxylic acids is 4. The molecule has 3 aliphatic heterocycles. The lowest BCUT2D eigenvalue weighted by Gasteiger charge is -2.45. The van der Waals surface area contributed by atoms with Gasteiger partial charge in [-0.15, -0.1) is 5.10 Å². The van der Waals surface area contributed by atoms with Gasteiger partial charge in [0.25, 0.3) is 0 Å². The lowest BCUT2D eigenvalue weighted by molar-refractivity contribution is -0.276. The second-order valence-electron chi connectivity index (χ2n) is 20.1. The highest BCUT2D eigenvalue weighted by molar-refractivity contribution is 5.91. The average molecular weight is 1020 g/mol. The number of H-pyrrole nitrogens is 1. The fraction of sp³-hybridized carbons (Fsp3) is 0.361. The topological polar surface area (TPSA) is 168 Å². The van der Waals surface area contributed by atoms with E-state index in [4.69, 9.17) is 28.4 Å². The van der Waals surface area contributed by atoms with Gasteiger partial charge in [-0.25, -0.2) is 19.2 Å². The molecule has 1 aromatic heterocycles. The van der Waals surface area contributed by atoms with Gasteiger partial charge in [-0.05, 0) is 135 Å². The van der Waals surface area contributed by atoms with Crippen molar-refractivity contribution in [3.05, 3.63) is 196 Å². The van der Waals surface area contributed by atoms with Crippen LogP contribution in [0, 0.1) is 12.3 Å². The van der Waals surface area contributed by atoms with Crippen molar-refractivity contribution >= 4 is 30.0 Å². The zero-order valence-electron chi connectivity index (χ0n) is 42.9. The summed E-state index contributed by atoms with van der Waals surface area (Å²) in [5.74, 6) is -2.98. The van der Waals surface area contributed by atoms with Crippen molar-refractivity contribution in [3.8, 4) is 5.88 Å². The number of hydrogen-bond acceptors (Lipinski definition) is 13. The number of aromatic nitrogens is 2. The molecule has 9 rings (SSSR count). The Morgan fingerprint density at radius 3 is 1.85 bits per heavy atom. The Morgan fingerprint density at radius 1 is 0.720 bits per heavy atom. The van der Waals surface area contributed by atoms with Gasteiger partial charge in [0.05, 0.1) is 22.3 Å². The molecule has 5 atom stereocenters. The van der Waals surface area contributed by atoms with Gasteiger partial charge in [0, 0.05) is 30.8 Å². The van der Waals surface area contributed by atoms with E-state index in [2.05, 4.69) is 57.7 Å². The van der Waals surface area contributed by atoms with Crippen LogP contribution < -0.4 is 10.1 Å². The van der Waals surface area contributed by atoms with E-state index in [0.717, 1.165) is 54.0 Å². The molecular formula is C61H66N4O10. The third-order valence-corrected chi connectivity index (χ3v) is 14.5. The summed E-state index contributed by atoms with van der Waals surface area (Å²) in [5.41, 5.74) is 6.02. The molecule has 390 valence electrons. The molecule has 6 aromatic rings. The summed E-state index contributed by atoms with van der Waals surface area (Å²) in [6.45, 7) is 11.3. The average Bonchev–Trinajstić information content (AvgIpc) is 3.84. The van der Waals surface area contributed by atoms with Crippen LogP contribution in [-0.2, 0) is 30.1 Å². The number of piperidine rings is 2. The van der Waals surface area contributed by atoms with Crippen LogP contribution in [0.3, 0.4) is 0 Å². The highest BCUT2D eigenvalue weighted by Gasteiger charge is 2.55. The summed E-state index contributed by atoms with van der Waals surface area (Å²) in [7, 11) is 0. The van der Waals surface area contributed by atoms with Crippen molar-refractivity contribution < 1.29 is 47.6 Å². The molecule has 3 saturated heterocycles. The molecule has 5 aromatic carbocycles. The van der Waals surface area contributed by atoms with Crippen LogP contribution in [0.2, 0.25) is 0 Å². The summed E-state index contributed by atoms with van der Waals surface area (Å²) in [4.78, 5) is 58.7. The first kappa shape index (κ1) is 52.5. The van der Waals surface area contributed by atoms with Crippen molar-refractivity contribution in [2.75, 3.05) is 39.3 Å². The van der Waals surface area contributed by atoms with E-state index in [-0.39, 0.29) is 34.1 Å². The highest BCUT2D eigenvalue weighted by Crippen LogP contribution is 2.39. The molecule has 14 nitrogen and oxygen atoms in total. The zero-order chi connectivity index (χ0) is 52.2. The Bertz CT molecular complexity index is 2880. The largest absolute Gasteiger partial charge is 0.459 e. The maximum Gasteiger partial charge on any atom is 0.338 e. The number of esters is 4. The molecule has 2 N–H and O–H groups in total. The number of ether oxygens (including phenoxy) is 6. The van der Waals surface area contributed by atoms with Crippen LogP contribution in [0.15, 0.2) is 146 Å². The minimum Gasteiger partial charge on any atom is -0.459 e. The van der Waals surface area contributed by atoms with E-state index >= 15 is 0 Å². The highest BCUT2D eigenvalue weighted by atomic mass is 16.7. The van der Waals surface area contributed by atoms with E-state index in [1.54, 1.807) is 121 Å². The summed E-state index contributed by atoms with van der Waals surface area (Å²) in [6.07, 6.45) is 3.35. The predicted molar refractivity (Wildman–Crippen MR) is 283 cm³/mol. The second kappa shape index (κ2) is 24.8. The first-order chi connectivity index (χ1) is 36.5. The van der Waals surface area contributed by atoms with Gasteiger partial charge in [0.15, 0.2) is 12.2 Å². The van der Waals surface area contributed by atoms with E-state index in [9.17, 15) is 19.2 Å². The molecular weight excluding hydrogens is 949 g/mol. The van der Waals surface area contributed by atoms with Gasteiger partial charge in [-0.1, -0.05) is 117 Å². The van der Waals surface area contributed by atoms with E-state index < -0.39 is 61.2 Å². The van der Waals surface area contributed by atoms with E-state index in [1.807, 2.05) is 13.8 Å². The third-order valence-electron chi connectivity index (χ3n) is 14.5. The molecule has 14 heteroatoms. The number of nitrogens with zero attached hydrogens (tertiary/aromatic N) is 2. The van der Waals surface area contributed by atoms with Crippen LogP contribution in [0.1, 0.15) is 121 Å². The zero-order valence-corrected chi connectivity index (χ0v) is 42.9. The summed E-state index contributed by atoms with van der Waals surface area (Å²) in [5, 5.41) is 11.4. The van der Waals surface area contributed by atoms with Crippen LogP contribution in [-0.4, -0.2) is 109 Å². The maximum atomic E-state index is 14.2. The fourth-order valence-corrected chi connectivity index (χ4v) is 10.4. The molecule has 5 unspecified atom stereocenters. The number of rotatable bonds is 18. The van der Waals surface area contributed by atoms with Crippen molar-refractivity contribution in [3.63, 3.8) is 0 Å².